The number of rotatable bonds is 6. The van der Waals surface area contributed by atoms with E-state index in [0.717, 1.165) is 4.90 Å². The van der Waals surface area contributed by atoms with Gasteiger partial charge in [0.2, 0.25) is 0 Å². The Morgan fingerprint density at radius 1 is 1.13 bits per heavy atom. The highest BCUT2D eigenvalue weighted by Gasteiger charge is 2.19. The van der Waals surface area contributed by atoms with Gasteiger partial charge in [0.15, 0.2) is 17.3 Å². The molecule has 6 heteroatoms. The van der Waals surface area contributed by atoms with Crippen molar-refractivity contribution >= 4 is 34.8 Å². The van der Waals surface area contributed by atoms with Crippen LogP contribution >= 0.6 is 23.4 Å². The van der Waals surface area contributed by atoms with Crippen LogP contribution in [0.25, 0.3) is 0 Å². The average Bonchev–Trinajstić information content (AvgIpc) is 2.55. The van der Waals surface area contributed by atoms with E-state index in [1.165, 1.54) is 11.8 Å². The quantitative estimate of drug-likeness (QED) is 0.477. The van der Waals surface area contributed by atoms with Gasteiger partial charge in [-0.2, -0.15) is 0 Å². The molecule has 0 aliphatic rings. The Morgan fingerprint density at radius 3 is 2.43 bits per heavy atom. The van der Waals surface area contributed by atoms with Crippen LogP contribution < -0.4 is 15.2 Å². The van der Waals surface area contributed by atoms with E-state index in [0.29, 0.717) is 27.8 Å². The minimum absolute atomic E-state index is 0.0103. The summed E-state index contributed by atoms with van der Waals surface area (Å²) in [6, 6.07) is 10.4. The van der Waals surface area contributed by atoms with Gasteiger partial charge < -0.3 is 15.2 Å². The van der Waals surface area contributed by atoms with E-state index in [1.807, 2.05) is 13.0 Å². The number of hydrogen-bond donors (Lipinski definition) is 1. The van der Waals surface area contributed by atoms with Gasteiger partial charge in [-0.25, -0.2) is 0 Å². The molecule has 2 rings (SSSR count). The van der Waals surface area contributed by atoms with Crippen molar-refractivity contribution in [2.24, 2.45) is 0 Å². The van der Waals surface area contributed by atoms with Crippen LogP contribution in [0.2, 0.25) is 5.02 Å². The maximum absolute atomic E-state index is 12.6. The van der Waals surface area contributed by atoms with Crippen LogP contribution in [0.15, 0.2) is 41.3 Å². The highest BCUT2D eigenvalue weighted by atomic mass is 35.5. The van der Waals surface area contributed by atoms with Crippen LogP contribution in [0.5, 0.6) is 11.5 Å². The molecule has 122 valence electrons. The second-order valence-corrected chi connectivity index (χ2v) is 6.67. The van der Waals surface area contributed by atoms with Crippen molar-refractivity contribution in [3.63, 3.8) is 0 Å². The first-order valence-corrected chi connectivity index (χ1v) is 8.20. The van der Waals surface area contributed by atoms with Gasteiger partial charge in [-0.15, -0.1) is 11.8 Å². The summed E-state index contributed by atoms with van der Waals surface area (Å²) in [5.74, 6) is 1.11. The Labute approximate surface area is 144 Å². The highest BCUT2D eigenvalue weighted by molar-refractivity contribution is 8.00. The van der Waals surface area contributed by atoms with E-state index in [1.54, 1.807) is 44.6 Å². The van der Waals surface area contributed by atoms with E-state index >= 15 is 0 Å². The Balaban J connectivity index is 2.19. The lowest BCUT2D eigenvalue weighted by Crippen LogP contribution is -2.13. The van der Waals surface area contributed by atoms with E-state index in [-0.39, 0.29) is 11.0 Å². The number of halogens is 1. The molecule has 4 nitrogen and oxygen atoms in total. The van der Waals surface area contributed by atoms with Crippen molar-refractivity contribution in [2.45, 2.75) is 17.1 Å². The molecule has 0 aliphatic carbocycles. The van der Waals surface area contributed by atoms with Gasteiger partial charge in [0, 0.05) is 16.1 Å². The van der Waals surface area contributed by atoms with Gasteiger partial charge >= 0.3 is 0 Å². The Morgan fingerprint density at radius 2 is 1.83 bits per heavy atom. The third-order valence-corrected chi connectivity index (χ3v) is 4.90. The monoisotopic (exact) mass is 351 g/mol. The first-order valence-electron chi connectivity index (χ1n) is 6.94. The topological polar surface area (TPSA) is 61.5 Å². The molecule has 0 aromatic heterocycles. The smallest absolute Gasteiger partial charge is 0.176 e. The fourth-order valence-corrected chi connectivity index (χ4v) is 3.35. The minimum atomic E-state index is -0.297. The number of hydrogen-bond acceptors (Lipinski definition) is 5. The van der Waals surface area contributed by atoms with Crippen molar-refractivity contribution in [3.8, 4) is 11.5 Å². The van der Waals surface area contributed by atoms with E-state index in [9.17, 15) is 4.79 Å². The lowest BCUT2D eigenvalue weighted by Gasteiger charge is -2.13. The molecule has 0 radical (unpaired) electrons. The van der Waals surface area contributed by atoms with Gasteiger partial charge in [-0.1, -0.05) is 11.6 Å². The fourth-order valence-electron chi connectivity index (χ4n) is 2.08. The summed E-state index contributed by atoms with van der Waals surface area (Å²) >= 11 is 7.56. The zero-order valence-electron chi connectivity index (χ0n) is 13.1. The molecule has 0 amide bonds. The van der Waals surface area contributed by atoms with Crippen molar-refractivity contribution in [3.05, 3.63) is 47.0 Å². The van der Waals surface area contributed by atoms with E-state index < -0.39 is 0 Å². The molecule has 0 spiro atoms. The number of methoxy groups -OCH3 is 2. The fraction of sp³-hybridized carbons (Fsp3) is 0.235. The Bertz CT molecular complexity index is 721. The first kappa shape index (κ1) is 17.5. The number of ether oxygens (including phenoxy) is 2. The van der Waals surface area contributed by atoms with Gasteiger partial charge in [-0.3, -0.25) is 4.79 Å². The SMILES string of the molecule is COc1ccc(C(=O)C(C)Sc2ccc(N)cc2Cl)cc1OC. The van der Waals surface area contributed by atoms with Gasteiger partial charge in [0.05, 0.1) is 24.5 Å². The molecule has 1 atom stereocenters. The predicted molar refractivity (Wildman–Crippen MR) is 95.1 cm³/mol. The predicted octanol–water partition coefficient (Wildman–Crippen LogP) is 4.30. The second kappa shape index (κ2) is 7.62. The molecular weight excluding hydrogens is 334 g/mol. The molecule has 0 bridgehead atoms. The third-order valence-electron chi connectivity index (χ3n) is 3.30. The van der Waals surface area contributed by atoms with E-state index in [2.05, 4.69) is 0 Å². The molecule has 0 saturated heterocycles. The average molecular weight is 352 g/mol. The van der Waals surface area contributed by atoms with E-state index in [4.69, 9.17) is 26.8 Å². The van der Waals surface area contributed by atoms with Gasteiger partial charge in [0.25, 0.3) is 0 Å². The van der Waals surface area contributed by atoms with Crippen LogP contribution in [-0.4, -0.2) is 25.3 Å². The number of anilines is 1. The number of nitrogens with two attached hydrogens (primary N) is 1. The molecule has 0 fully saturated rings. The summed E-state index contributed by atoms with van der Waals surface area (Å²) in [5, 5.41) is 0.246. The molecule has 23 heavy (non-hydrogen) atoms. The van der Waals surface area contributed by atoms with Crippen LogP contribution in [-0.2, 0) is 0 Å². The molecule has 0 aliphatic heterocycles. The Kier molecular flexibility index (Phi) is 5.80. The van der Waals surface area contributed by atoms with Crippen LogP contribution in [0.3, 0.4) is 0 Å². The van der Waals surface area contributed by atoms with Gasteiger partial charge in [-0.05, 0) is 43.3 Å². The van der Waals surface area contributed by atoms with Crippen molar-refractivity contribution < 1.29 is 14.3 Å². The third kappa shape index (κ3) is 4.12. The van der Waals surface area contributed by atoms with Crippen LogP contribution in [0.1, 0.15) is 17.3 Å². The molecule has 2 aromatic carbocycles. The summed E-state index contributed by atoms with van der Waals surface area (Å²) in [5.41, 5.74) is 6.84. The number of benzene rings is 2. The number of thioether (sulfide) groups is 1. The molecular formula is C17H18ClNO3S. The second-order valence-electron chi connectivity index (χ2n) is 4.88. The van der Waals surface area contributed by atoms with Crippen molar-refractivity contribution in [1.82, 2.24) is 0 Å². The van der Waals surface area contributed by atoms with Crippen molar-refractivity contribution in [2.75, 3.05) is 20.0 Å². The summed E-state index contributed by atoms with van der Waals surface area (Å²) in [7, 11) is 3.10. The van der Waals surface area contributed by atoms with Crippen LogP contribution in [0, 0.1) is 0 Å². The zero-order valence-corrected chi connectivity index (χ0v) is 14.7. The molecule has 2 aromatic rings. The summed E-state index contributed by atoms with van der Waals surface area (Å²) in [4.78, 5) is 13.4. The first-order chi connectivity index (χ1) is 11.0. The molecule has 0 heterocycles. The zero-order chi connectivity index (χ0) is 17.0. The largest absolute Gasteiger partial charge is 0.493 e. The van der Waals surface area contributed by atoms with Gasteiger partial charge in [0.1, 0.15) is 0 Å². The maximum atomic E-state index is 12.6. The normalized spacial score (nSPS) is 11.8. The lowest BCUT2D eigenvalue weighted by molar-refractivity contribution is 0.0993. The number of ketones is 1. The number of carbonyl (C=O) groups excluding carboxylic acids is 1. The maximum Gasteiger partial charge on any atom is 0.176 e. The highest BCUT2D eigenvalue weighted by Crippen LogP contribution is 2.34. The lowest BCUT2D eigenvalue weighted by atomic mass is 10.1. The molecule has 1 unspecified atom stereocenters. The summed E-state index contributed by atoms with van der Waals surface area (Å²) in [6.45, 7) is 1.84. The molecule has 0 saturated carbocycles. The molecule has 2 N–H and O–H groups in total. The Hall–Kier alpha value is -1.85. The number of Topliss-reactive ketones (excluding diaryl/α,β-unsaturated/α-hetero) is 1. The number of nitrogen functional groups attached to an aromatic ring is 1. The summed E-state index contributed by atoms with van der Waals surface area (Å²) in [6.07, 6.45) is 0. The number of carbonyl (C=O) groups is 1. The standard InChI is InChI=1S/C17H18ClNO3S/c1-10(23-16-7-5-12(19)9-13(16)18)17(20)11-4-6-14(21-2)15(8-11)22-3/h4-10H,19H2,1-3H3. The minimum Gasteiger partial charge on any atom is -0.493 e. The van der Waals surface area contributed by atoms with Crippen LogP contribution in [0.4, 0.5) is 5.69 Å². The van der Waals surface area contributed by atoms with Crippen molar-refractivity contribution in [1.29, 1.82) is 0 Å². The summed E-state index contributed by atoms with van der Waals surface area (Å²) < 4.78 is 10.4.